The number of hydrogen-bond acceptors (Lipinski definition) is 15. The third kappa shape index (κ3) is 10.7. The van der Waals surface area contributed by atoms with E-state index in [9.17, 15) is 14.4 Å². The van der Waals surface area contributed by atoms with Crippen molar-refractivity contribution in [2.24, 2.45) is 9.98 Å². The second kappa shape index (κ2) is 21.8. The van der Waals surface area contributed by atoms with Crippen molar-refractivity contribution in [2.45, 2.75) is 13.1 Å². The minimum absolute atomic E-state index is 0.0173. The number of nitrogens with zero attached hydrogens (tertiary/aromatic N) is 8. The summed E-state index contributed by atoms with van der Waals surface area (Å²) in [7, 11) is 0. The number of thiophene rings is 1. The number of fused-ring (bicyclic) bond motifs is 9. The summed E-state index contributed by atoms with van der Waals surface area (Å²) in [5.41, 5.74) is 13.0. The molecule has 0 bridgehead atoms. The molecule has 0 saturated carbocycles. The van der Waals surface area contributed by atoms with E-state index in [1.54, 1.807) is 48.5 Å². The van der Waals surface area contributed by atoms with E-state index in [0.717, 1.165) is 95.6 Å². The van der Waals surface area contributed by atoms with Crippen LogP contribution in [0.5, 0.6) is 0 Å². The Bertz CT molecular complexity index is 3300. The van der Waals surface area contributed by atoms with Crippen molar-refractivity contribution in [3.63, 3.8) is 0 Å². The van der Waals surface area contributed by atoms with E-state index in [1.807, 2.05) is 89.5 Å². The first-order valence-corrected chi connectivity index (χ1v) is 23.6. The van der Waals surface area contributed by atoms with Gasteiger partial charge in [0.1, 0.15) is 30.2 Å². The van der Waals surface area contributed by atoms with E-state index in [4.69, 9.17) is 14.5 Å². The van der Waals surface area contributed by atoms with E-state index in [0.29, 0.717) is 32.7 Å². The molecule has 0 fully saturated rings. The van der Waals surface area contributed by atoms with E-state index in [1.165, 1.54) is 0 Å². The number of rotatable bonds is 2. The molecular formula is C53H44N14O4S. The zero-order valence-corrected chi connectivity index (χ0v) is 39.1. The first kappa shape index (κ1) is 46.1. The highest BCUT2D eigenvalue weighted by Gasteiger charge is 2.22. The lowest BCUT2D eigenvalue weighted by atomic mass is 9.95. The molecular weight excluding hydrogens is 929 g/mol. The number of pyridine rings is 2. The van der Waals surface area contributed by atoms with Crippen molar-refractivity contribution in [1.82, 2.24) is 29.9 Å². The fraction of sp³-hybridized carbons (Fsp3) is 0.0943. The van der Waals surface area contributed by atoms with E-state index in [2.05, 4.69) is 105 Å². The summed E-state index contributed by atoms with van der Waals surface area (Å²) in [6.45, 7) is 2.11. The minimum atomic E-state index is -0.0227. The molecule has 14 rings (SSSR count). The van der Waals surface area contributed by atoms with Crippen molar-refractivity contribution in [3.05, 3.63) is 204 Å². The van der Waals surface area contributed by atoms with Crippen molar-refractivity contribution in [1.29, 1.82) is 0 Å². The quantitative estimate of drug-likeness (QED) is 0.0961. The maximum atomic E-state index is 10.9. The van der Waals surface area contributed by atoms with Crippen LogP contribution in [-0.2, 0) is 27.5 Å². The van der Waals surface area contributed by atoms with Crippen molar-refractivity contribution in [3.8, 4) is 16.1 Å². The molecule has 0 spiro atoms. The molecule has 3 amide bonds. The van der Waals surface area contributed by atoms with Gasteiger partial charge in [-0.25, -0.2) is 4.98 Å². The molecule has 0 radical (unpaired) electrons. The number of anilines is 6. The van der Waals surface area contributed by atoms with Crippen LogP contribution in [0.1, 0.15) is 33.8 Å². The Morgan fingerprint density at radius 1 is 0.528 bits per heavy atom. The third-order valence-corrected chi connectivity index (χ3v) is 12.3. The smallest absolute Gasteiger partial charge is 0.243 e. The molecule has 6 N–H and O–H groups in total. The van der Waals surface area contributed by atoms with Gasteiger partial charge in [0.25, 0.3) is 0 Å². The number of aliphatic imine (C=N–C) groups is 2. The average molecular weight is 973 g/mol. The normalized spacial score (nSPS) is 13.9. The van der Waals surface area contributed by atoms with Gasteiger partial charge < -0.3 is 36.4 Å². The van der Waals surface area contributed by atoms with Crippen LogP contribution in [0.3, 0.4) is 0 Å². The number of carbonyl (C=O) groups is 3. The van der Waals surface area contributed by atoms with Crippen LogP contribution < -0.4 is 31.9 Å². The van der Waals surface area contributed by atoms with Crippen LogP contribution in [0.25, 0.3) is 16.1 Å². The van der Waals surface area contributed by atoms with Gasteiger partial charge in [0, 0.05) is 40.2 Å². The van der Waals surface area contributed by atoms with Gasteiger partial charge in [-0.15, -0.1) is 21.5 Å². The number of benzene rings is 4. The van der Waals surface area contributed by atoms with Crippen LogP contribution in [0.4, 0.5) is 34.3 Å². The molecule has 0 saturated heterocycles. The minimum Gasteiger partial charge on any atom is -0.374 e. The largest absolute Gasteiger partial charge is 0.374 e. The van der Waals surface area contributed by atoms with Gasteiger partial charge in [0.05, 0.1) is 71.9 Å². The predicted molar refractivity (Wildman–Crippen MR) is 279 cm³/mol. The molecule has 0 unspecified atom stereocenters. The van der Waals surface area contributed by atoms with Crippen molar-refractivity contribution >= 4 is 74.7 Å². The van der Waals surface area contributed by atoms with Gasteiger partial charge in [-0.2, -0.15) is 0 Å². The van der Waals surface area contributed by atoms with Crippen molar-refractivity contribution < 1.29 is 18.9 Å². The lowest BCUT2D eigenvalue weighted by Crippen LogP contribution is -2.27. The van der Waals surface area contributed by atoms with Crippen LogP contribution in [0.15, 0.2) is 184 Å². The molecule has 5 aliphatic rings. The van der Waals surface area contributed by atoms with Crippen molar-refractivity contribution in [2.75, 3.05) is 51.5 Å². The number of para-hydroxylation sites is 2. The lowest BCUT2D eigenvalue weighted by Gasteiger charge is -2.17. The van der Waals surface area contributed by atoms with E-state index < -0.39 is 0 Å². The molecule has 5 aromatic heterocycles. The van der Waals surface area contributed by atoms with E-state index in [-0.39, 0.29) is 17.7 Å². The van der Waals surface area contributed by atoms with Gasteiger partial charge in [-0.1, -0.05) is 102 Å². The second-order valence-corrected chi connectivity index (χ2v) is 17.0. The lowest BCUT2D eigenvalue weighted by molar-refractivity contribution is -0.115. The summed E-state index contributed by atoms with van der Waals surface area (Å²) >= 11 is 1.69. The van der Waals surface area contributed by atoms with Crippen LogP contribution in [-0.4, -0.2) is 78.7 Å². The Labute approximate surface area is 416 Å². The first-order valence-electron chi connectivity index (χ1n) is 22.7. The van der Waals surface area contributed by atoms with Gasteiger partial charge in [0.15, 0.2) is 11.6 Å². The zero-order chi connectivity index (χ0) is 49.1. The molecule has 4 aromatic carbocycles. The van der Waals surface area contributed by atoms with E-state index >= 15 is 0 Å². The van der Waals surface area contributed by atoms with Crippen LogP contribution in [0, 0.1) is 0 Å². The number of nitrogens with one attached hydrogen (secondary N) is 6. The van der Waals surface area contributed by atoms with Crippen LogP contribution in [0.2, 0.25) is 0 Å². The average Bonchev–Trinajstić information content (AvgIpc) is 4.19. The van der Waals surface area contributed by atoms with Gasteiger partial charge in [-0.05, 0) is 47.3 Å². The highest BCUT2D eigenvalue weighted by Crippen LogP contribution is 2.33. The summed E-state index contributed by atoms with van der Waals surface area (Å²) in [4.78, 5) is 49.9. The monoisotopic (exact) mass is 972 g/mol. The summed E-state index contributed by atoms with van der Waals surface area (Å²) in [6.07, 6.45) is 8.53. The number of aromatic nitrogens is 6. The Morgan fingerprint density at radius 3 is 1.90 bits per heavy atom. The highest BCUT2D eigenvalue weighted by molar-refractivity contribution is 7.13. The summed E-state index contributed by atoms with van der Waals surface area (Å²) in [6, 6.07) is 44.0. The molecule has 72 heavy (non-hydrogen) atoms. The summed E-state index contributed by atoms with van der Waals surface area (Å²) < 4.78 is 7.35. The summed E-state index contributed by atoms with van der Waals surface area (Å²) in [5.74, 6) is 2.42. The third-order valence-electron chi connectivity index (χ3n) is 11.4. The molecule has 0 aliphatic carbocycles. The molecule has 19 heteroatoms. The Morgan fingerprint density at radius 2 is 1.14 bits per heavy atom. The molecule has 9 aromatic rings. The Kier molecular flexibility index (Phi) is 13.9. The maximum Gasteiger partial charge on any atom is 0.243 e. The van der Waals surface area contributed by atoms with Gasteiger partial charge in [0.2, 0.25) is 17.7 Å². The fourth-order valence-electron chi connectivity index (χ4n) is 8.02. The molecule has 10 heterocycles. The summed E-state index contributed by atoms with van der Waals surface area (Å²) in [5, 5.41) is 32.2. The zero-order valence-electron chi connectivity index (χ0n) is 38.3. The Hall–Kier alpha value is -9.62. The van der Waals surface area contributed by atoms with Gasteiger partial charge in [-0.3, -0.25) is 33.9 Å². The topological polar surface area (TPSA) is 231 Å². The fourth-order valence-corrected chi connectivity index (χ4v) is 8.91. The number of hydrogen-bond donors (Lipinski definition) is 6. The molecule has 18 nitrogen and oxygen atoms in total. The number of amides is 3. The standard InChI is InChI=1S/C17H12N2O.C14H10N4S.C8H8N2O.2C7H7N3O/c1-2-6-12(7-3-1)17-14-9-5-4-8-13(14)15-10-19-20-16(15)11-18-17;1-2-4-10(5-3-1)13-11-6-7-19-14(11)18-9-16-17-12(18)8-15-13;11-8-5-9-6-3-1-2-4-7(6)10-8;11-7-4-9-5-1-2-8-3-6(5)10-7;11-6-4-9-7-5(10-6)2-1-3-8-7/h1-10H,11H2;1-7,9H,8H2;1-4,9H,5H2,(H,10,11);1-3,9H,4H2,(H,10,11);1-3H,4H2,(H,8,9)(H,10,11). The SMILES string of the molecule is O=C1CNc2ccccc2N1.O=C1CNc2ccncc2N1.O=C1CNc2ncccc2N1.c1ccc(C2=NCc3nncn3-c3sccc32)cc1.c1ccc(C2=NCc3oncc3-c3ccccc32)cc1. The first-order chi connectivity index (χ1) is 35.4. The maximum absolute atomic E-state index is 10.9. The predicted octanol–water partition coefficient (Wildman–Crippen LogP) is 8.31. The highest BCUT2D eigenvalue weighted by atomic mass is 32.1. The number of carbonyl (C=O) groups excluding carboxylic acids is 3. The molecule has 0 atom stereocenters. The second-order valence-electron chi connectivity index (χ2n) is 16.1. The molecule has 356 valence electrons. The van der Waals surface area contributed by atoms with Crippen LogP contribution >= 0.6 is 11.3 Å². The molecule has 5 aliphatic heterocycles. The Balaban J connectivity index is 0.000000107. The van der Waals surface area contributed by atoms with Gasteiger partial charge >= 0.3 is 0 Å².